The molecule has 2 aromatic rings. The van der Waals surface area contributed by atoms with E-state index in [1.165, 1.54) is 12.2 Å². The number of benzene rings is 2. The fourth-order valence-corrected chi connectivity index (χ4v) is 3.23. The maximum absolute atomic E-state index is 11.7. The summed E-state index contributed by atoms with van der Waals surface area (Å²) in [4.78, 5) is 11.7. The van der Waals surface area contributed by atoms with Crippen molar-refractivity contribution in [2.45, 2.75) is 0 Å². The summed E-state index contributed by atoms with van der Waals surface area (Å²) in [7, 11) is 6.43. The molecule has 5 nitrogen and oxygen atoms in total. The van der Waals surface area contributed by atoms with Crippen molar-refractivity contribution in [1.82, 2.24) is 0 Å². The molecule has 0 saturated heterocycles. The van der Waals surface area contributed by atoms with Gasteiger partial charge in [-0.3, -0.25) is 4.79 Å². The molecular weight excluding hydrogens is 356 g/mol. The van der Waals surface area contributed by atoms with E-state index in [1.54, 1.807) is 40.6 Å². The number of ketones is 1. The Hall–Kier alpha value is -3.47. The molecule has 3 rings (SSSR count). The topological polar surface area (TPSA) is 54.0 Å². The van der Waals surface area contributed by atoms with Crippen molar-refractivity contribution in [3.63, 3.8) is 0 Å². The highest BCUT2D eigenvalue weighted by atomic mass is 16.5. The Morgan fingerprint density at radius 1 is 0.607 bits per heavy atom. The molecule has 0 radical (unpaired) electrons. The number of hydrogen-bond donors (Lipinski definition) is 0. The zero-order valence-electron chi connectivity index (χ0n) is 16.3. The third-order valence-electron chi connectivity index (χ3n) is 4.50. The Labute approximate surface area is 164 Å². The highest BCUT2D eigenvalue weighted by Gasteiger charge is 2.25. The van der Waals surface area contributed by atoms with Gasteiger partial charge in [-0.25, -0.2) is 0 Å². The molecule has 0 spiro atoms. The summed E-state index contributed by atoms with van der Waals surface area (Å²) in [6.45, 7) is 0. The summed E-state index contributed by atoms with van der Waals surface area (Å²) in [5.74, 6) is 2.46. The number of allylic oxidation sites excluding steroid dienone is 5. The van der Waals surface area contributed by atoms with Crippen LogP contribution in [0.15, 0.2) is 66.3 Å². The molecule has 144 valence electrons. The first kappa shape index (κ1) is 19.3. The Kier molecular flexibility index (Phi) is 5.84. The van der Waals surface area contributed by atoms with Crippen molar-refractivity contribution in [3.8, 4) is 23.0 Å². The highest BCUT2D eigenvalue weighted by Crippen LogP contribution is 2.46. The minimum Gasteiger partial charge on any atom is -0.496 e. The van der Waals surface area contributed by atoms with Crippen LogP contribution in [0.1, 0.15) is 11.1 Å². The van der Waals surface area contributed by atoms with Gasteiger partial charge in [0, 0.05) is 5.57 Å². The molecule has 0 N–H and O–H groups in total. The number of methoxy groups -OCH3 is 4. The van der Waals surface area contributed by atoms with E-state index in [9.17, 15) is 4.79 Å². The van der Waals surface area contributed by atoms with Crippen molar-refractivity contribution >= 4 is 11.4 Å². The summed E-state index contributed by atoms with van der Waals surface area (Å²) in [5, 5.41) is 0. The SMILES string of the molecule is COc1cccc(OC)c1C(=C1C=CC(=O)C=C1)c1c(OC)cccc1OC. The summed E-state index contributed by atoms with van der Waals surface area (Å²) in [6.07, 6.45) is 6.60. The number of carbonyl (C=O) groups excluding carboxylic acids is 1. The van der Waals surface area contributed by atoms with Crippen LogP contribution in [-0.2, 0) is 4.79 Å². The number of rotatable bonds is 6. The minimum atomic E-state index is -0.0675. The van der Waals surface area contributed by atoms with Crippen LogP contribution in [-0.4, -0.2) is 34.2 Å². The minimum absolute atomic E-state index is 0.0675. The third-order valence-corrected chi connectivity index (χ3v) is 4.50. The van der Waals surface area contributed by atoms with E-state index in [2.05, 4.69) is 0 Å². The van der Waals surface area contributed by atoms with E-state index in [0.717, 1.165) is 22.3 Å². The maximum Gasteiger partial charge on any atom is 0.178 e. The van der Waals surface area contributed by atoms with E-state index in [-0.39, 0.29) is 5.78 Å². The largest absolute Gasteiger partial charge is 0.496 e. The molecule has 0 unspecified atom stereocenters. The molecule has 0 aromatic heterocycles. The van der Waals surface area contributed by atoms with Crippen LogP contribution in [0, 0.1) is 0 Å². The molecule has 0 fully saturated rings. The lowest BCUT2D eigenvalue weighted by Gasteiger charge is -2.22. The normalized spacial score (nSPS) is 12.7. The molecule has 0 saturated carbocycles. The van der Waals surface area contributed by atoms with Gasteiger partial charge in [-0.05, 0) is 42.0 Å². The van der Waals surface area contributed by atoms with Crippen molar-refractivity contribution in [3.05, 3.63) is 77.4 Å². The van der Waals surface area contributed by atoms with Gasteiger partial charge in [-0.2, -0.15) is 0 Å². The van der Waals surface area contributed by atoms with Crippen molar-refractivity contribution in [1.29, 1.82) is 0 Å². The van der Waals surface area contributed by atoms with Crippen molar-refractivity contribution < 1.29 is 23.7 Å². The lowest BCUT2D eigenvalue weighted by Crippen LogP contribution is -2.04. The summed E-state index contributed by atoms with van der Waals surface area (Å²) >= 11 is 0. The van der Waals surface area contributed by atoms with Gasteiger partial charge in [0.2, 0.25) is 0 Å². The average Bonchev–Trinajstić information content (AvgIpc) is 2.75. The average molecular weight is 378 g/mol. The van der Waals surface area contributed by atoms with Gasteiger partial charge < -0.3 is 18.9 Å². The zero-order valence-corrected chi connectivity index (χ0v) is 16.3. The predicted octanol–water partition coefficient (Wildman–Crippen LogP) is 4.22. The second-order valence-corrected chi connectivity index (χ2v) is 5.97. The molecule has 0 aliphatic heterocycles. The molecule has 0 bridgehead atoms. The number of carbonyl (C=O) groups is 1. The van der Waals surface area contributed by atoms with Gasteiger partial charge in [0.25, 0.3) is 0 Å². The fourth-order valence-electron chi connectivity index (χ4n) is 3.23. The summed E-state index contributed by atoms with van der Waals surface area (Å²) in [6, 6.07) is 11.2. The van der Waals surface area contributed by atoms with E-state index in [4.69, 9.17) is 18.9 Å². The molecule has 2 aromatic carbocycles. The Morgan fingerprint density at radius 3 is 1.29 bits per heavy atom. The van der Waals surface area contributed by atoms with E-state index in [1.807, 2.05) is 36.4 Å². The van der Waals surface area contributed by atoms with Gasteiger partial charge in [0.15, 0.2) is 5.78 Å². The lowest BCUT2D eigenvalue weighted by molar-refractivity contribution is -0.110. The van der Waals surface area contributed by atoms with Gasteiger partial charge in [0.05, 0.1) is 39.6 Å². The Morgan fingerprint density at radius 2 is 0.964 bits per heavy atom. The number of hydrogen-bond acceptors (Lipinski definition) is 5. The van der Waals surface area contributed by atoms with Gasteiger partial charge in [0.1, 0.15) is 23.0 Å². The Balaban J connectivity index is 2.46. The first-order valence-electron chi connectivity index (χ1n) is 8.71. The Bertz CT molecular complexity index is 862. The third kappa shape index (κ3) is 3.51. The van der Waals surface area contributed by atoms with E-state index in [0.29, 0.717) is 23.0 Å². The van der Waals surface area contributed by atoms with E-state index < -0.39 is 0 Å². The molecule has 5 heteroatoms. The summed E-state index contributed by atoms with van der Waals surface area (Å²) < 4.78 is 22.6. The molecule has 0 heterocycles. The van der Waals surface area contributed by atoms with Crippen LogP contribution in [0.25, 0.3) is 5.57 Å². The van der Waals surface area contributed by atoms with Crippen molar-refractivity contribution in [2.24, 2.45) is 0 Å². The fraction of sp³-hybridized carbons (Fsp3) is 0.174. The molecular formula is C23H22O5. The van der Waals surface area contributed by atoms with E-state index >= 15 is 0 Å². The van der Waals surface area contributed by atoms with Crippen LogP contribution in [0.2, 0.25) is 0 Å². The molecule has 1 aliphatic carbocycles. The second kappa shape index (κ2) is 8.48. The highest BCUT2D eigenvalue weighted by molar-refractivity contribution is 6.04. The van der Waals surface area contributed by atoms with Gasteiger partial charge in [-0.1, -0.05) is 24.3 Å². The van der Waals surface area contributed by atoms with Crippen LogP contribution in [0.3, 0.4) is 0 Å². The quantitative estimate of drug-likeness (QED) is 0.753. The molecule has 28 heavy (non-hydrogen) atoms. The smallest absolute Gasteiger partial charge is 0.178 e. The van der Waals surface area contributed by atoms with Crippen molar-refractivity contribution in [2.75, 3.05) is 28.4 Å². The molecule has 1 aliphatic rings. The monoisotopic (exact) mass is 378 g/mol. The van der Waals surface area contributed by atoms with Crippen LogP contribution >= 0.6 is 0 Å². The first-order chi connectivity index (χ1) is 13.6. The van der Waals surface area contributed by atoms with Crippen LogP contribution in [0.4, 0.5) is 0 Å². The number of ether oxygens (including phenoxy) is 4. The maximum atomic E-state index is 11.7. The predicted molar refractivity (Wildman–Crippen MR) is 108 cm³/mol. The zero-order chi connectivity index (χ0) is 20.1. The van der Waals surface area contributed by atoms with Crippen LogP contribution in [0.5, 0.6) is 23.0 Å². The van der Waals surface area contributed by atoms with Gasteiger partial charge in [-0.15, -0.1) is 0 Å². The van der Waals surface area contributed by atoms with Crippen LogP contribution < -0.4 is 18.9 Å². The van der Waals surface area contributed by atoms with Gasteiger partial charge >= 0.3 is 0 Å². The summed E-state index contributed by atoms with van der Waals surface area (Å²) in [5.41, 5.74) is 3.08. The lowest BCUT2D eigenvalue weighted by atomic mass is 9.88. The molecule has 0 atom stereocenters. The second-order valence-electron chi connectivity index (χ2n) is 5.97. The molecule has 0 amide bonds. The first-order valence-corrected chi connectivity index (χ1v) is 8.71. The standard InChI is InChI=1S/C23H22O5/c1-25-17-7-5-8-18(26-2)22(17)21(15-11-13-16(24)14-12-15)23-19(27-3)9-6-10-20(23)28-4/h5-14H,1-4H3.